The van der Waals surface area contributed by atoms with Gasteiger partial charge in [0, 0.05) is 24.5 Å². The fourth-order valence-electron chi connectivity index (χ4n) is 2.84. The lowest BCUT2D eigenvalue weighted by atomic mass is 10.2. The Kier molecular flexibility index (Phi) is 6.11. The fraction of sp³-hybridized carbons (Fsp3) is 0.182. The van der Waals surface area contributed by atoms with E-state index in [-0.39, 0.29) is 5.91 Å². The molecule has 144 valence electrons. The number of carbonyl (C=O) groups excluding carboxylic acids is 1. The molecule has 0 radical (unpaired) electrons. The van der Waals surface area contributed by atoms with Crippen LogP contribution in [0.2, 0.25) is 0 Å². The number of aromatic nitrogens is 1. The lowest BCUT2D eigenvalue weighted by Gasteiger charge is -2.21. The summed E-state index contributed by atoms with van der Waals surface area (Å²) in [7, 11) is 3.20. The van der Waals surface area contributed by atoms with Gasteiger partial charge in [0.25, 0.3) is 5.91 Å². The minimum absolute atomic E-state index is 0.0882. The summed E-state index contributed by atoms with van der Waals surface area (Å²) in [5.41, 5.74) is 2.15. The zero-order valence-corrected chi connectivity index (χ0v) is 16.2. The second kappa shape index (κ2) is 8.90. The van der Waals surface area contributed by atoms with E-state index in [1.54, 1.807) is 43.5 Å². The van der Waals surface area contributed by atoms with Crippen molar-refractivity contribution in [3.8, 4) is 11.5 Å². The Morgan fingerprint density at radius 3 is 2.43 bits per heavy atom. The van der Waals surface area contributed by atoms with Gasteiger partial charge in [0.2, 0.25) is 0 Å². The van der Waals surface area contributed by atoms with Gasteiger partial charge >= 0.3 is 0 Å². The van der Waals surface area contributed by atoms with E-state index in [1.165, 1.54) is 0 Å². The third kappa shape index (κ3) is 4.23. The summed E-state index contributed by atoms with van der Waals surface area (Å²) in [4.78, 5) is 18.9. The number of ether oxygens (including phenoxy) is 2. The SMILES string of the molecule is CCN(C(=O)c1ccc(Nc2ccc(OC)cc2OC)nc1)c1ccccc1. The van der Waals surface area contributed by atoms with Crippen molar-refractivity contribution in [2.75, 3.05) is 31.0 Å². The summed E-state index contributed by atoms with van der Waals surface area (Å²) >= 11 is 0. The smallest absolute Gasteiger partial charge is 0.259 e. The molecule has 0 spiro atoms. The van der Waals surface area contributed by atoms with E-state index in [2.05, 4.69) is 10.3 Å². The van der Waals surface area contributed by atoms with Crippen molar-refractivity contribution >= 4 is 23.1 Å². The Labute approximate surface area is 164 Å². The molecule has 1 heterocycles. The molecule has 0 atom stereocenters. The Morgan fingerprint density at radius 2 is 1.82 bits per heavy atom. The lowest BCUT2D eigenvalue weighted by molar-refractivity contribution is 0.0988. The predicted octanol–water partition coefficient (Wildman–Crippen LogP) is 4.51. The van der Waals surface area contributed by atoms with Gasteiger partial charge in [0.15, 0.2) is 0 Å². The normalized spacial score (nSPS) is 10.2. The van der Waals surface area contributed by atoms with Crippen LogP contribution in [0.4, 0.5) is 17.2 Å². The second-order valence-corrected chi connectivity index (χ2v) is 6.01. The highest BCUT2D eigenvalue weighted by Gasteiger charge is 2.16. The molecule has 0 aliphatic heterocycles. The first-order valence-electron chi connectivity index (χ1n) is 8.98. The van der Waals surface area contributed by atoms with Crippen LogP contribution in [0.3, 0.4) is 0 Å². The van der Waals surface area contributed by atoms with Gasteiger partial charge in [0.1, 0.15) is 17.3 Å². The number of rotatable bonds is 7. The number of amides is 1. The molecule has 0 saturated carbocycles. The summed E-state index contributed by atoms with van der Waals surface area (Å²) in [6, 6.07) is 18.6. The number of anilines is 3. The third-order valence-electron chi connectivity index (χ3n) is 4.31. The highest BCUT2D eigenvalue weighted by atomic mass is 16.5. The van der Waals surface area contributed by atoms with Crippen LogP contribution in [-0.4, -0.2) is 31.7 Å². The van der Waals surface area contributed by atoms with Crippen LogP contribution in [0, 0.1) is 0 Å². The molecule has 1 amide bonds. The number of carbonyl (C=O) groups is 1. The molecular weight excluding hydrogens is 354 g/mol. The van der Waals surface area contributed by atoms with E-state index >= 15 is 0 Å². The van der Waals surface area contributed by atoms with Crippen LogP contribution in [0.15, 0.2) is 66.9 Å². The number of benzene rings is 2. The Bertz CT molecular complexity index is 928. The number of nitrogens with one attached hydrogen (secondary N) is 1. The highest BCUT2D eigenvalue weighted by Crippen LogP contribution is 2.31. The number of nitrogens with zero attached hydrogens (tertiary/aromatic N) is 2. The molecule has 6 nitrogen and oxygen atoms in total. The molecule has 3 rings (SSSR count). The molecule has 28 heavy (non-hydrogen) atoms. The lowest BCUT2D eigenvalue weighted by Crippen LogP contribution is -2.30. The van der Waals surface area contributed by atoms with Crippen LogP contribution in [0.5, 0.6) is 11.5 Å². The molecular formula is C22H23N3O3. The summed E-state index contributed by atoms with van der Waals surface area (Å²) in [6.07, 6.45) is 1.58. The maximum atomic E-state index is 12.8. The number of hydrogen-bond acceptors (Lipinski definition) is 5. The molecule has 0 saturated heterocycles. The molecule has 1 aromatic heterocycles. The van der Waals surface area contributed by atoms with E-state index in [4.69, 9.17) is 9.47 Å². The van der Waals surface area contributed by atoms with Crippen LogP contribution in [-0.2, 0) is 0 Å². The maximum absolute atomic E-state index is 12.8. The monoisotopic (exact) mass is 377 g/mol. The molecule has 1 N–H and O–H groups in total. The van der Waals surface area contributed by atoms with Crippen molar-refractivity contribution in [2.24, 2.45) is 0 Å². The second-order valence-electron chi connectivity index (χ2n) is 6.01. The van der Waals surface area contributed by atoms with Gasteiger partial charge in [-0.3, -0.25) is 4.79 Å². The van der Waals surface area contributed by atoms with Crippen molar-refractivity contribution in [3.05, 3.63) is 72.4 Å². The molecule has 0 aliphatic rings. The first-order valence-corrected chi connectivity index (χ1v) is 8.98. The van der Waals surface area contributed by atoms with Gasteiger partial charge < -0.3 is 19.7 Å². The number of pyridine rings is 1. The summed E-state index contributed by atoms with van der Waals surface area (Å²) in [5, 5.41) is 3.20. The first-order chi connectivity index (χ1) is 13.7. The minimum Gasteiger partial charge on any atom is -0.497 e. The van der Waals surface area contributed by atoms with Crippen molar-refractivity contribution in [1.82, 2.24) is 4.98 Å². The third-order valence-corrected chi connectivity index (χ3v) is 4.31. The Hall–Kier alpha value is -3.54. The summed E-state index contributed by atoms with van der Waals surface area (Å²) < 4.78 is 10.6. The minimum atomic E-state index is -0.0882. The maximum Gasteiger partial charge on any atom is 0.259 e. The van der Waals surface area contributed by atoms with E-state index in [0.717, 1.165) is 11.4 Å². The average Bonchev–Trinajstić information content (AvgIpc) is 2.75. The standard InChI is InChI=1S/C22H23N3O3/c1-4-25(17-8-6-5-7-9-17)22(26)16-10-13-21(23-15-16)24-19-12-11-18(27-2)14-20(19)28-3/h5-15H,4H2,1-3H3,(H,23,24). The van der Waals surface area contributed by atoms with E-state index in [1.807, 2.05) is 49.4 Å². The van der Waals surface area contributed by atoms with Crippen LogP contribution >= 0.6 is 0 Å². The molecule has 3 aromatic rings. The number of methoxy groups -OCH3 is 2. The van der Waals surface area contributed by atoms with E-state index in [0.29, 0.717) is 29.4 Å². The predicted molar refractivity (Wildman–Crippen MR) is 111 cm³/mol. The molecule has 0 fully saturated rings. The van der Waals surface area contributed by atoms with E-state index < -0.39 is 0 Å². The van der Waals surface area contributed by atoms with Crippen molar-refractivity contribution < 1.29 is 14.3 Å². The molecule has 0 unspecified atom stereocenters. The summed E-state index contributed by atoms with van der Waals surface area (Å²) in [6.45, 7) is 2.52. The Balaban J connectivity index is 1.77. The number of hydrogen-bond donors (Lipinski definition) is 1. The molecule has 0 aliphatic carbocycles. The zero-order valence-electron chi connectivity index (χ0n) is 16.2. The number of para-hydroxylation sites is 1. The first kappa shape index (κ1) is 19.2. The molecule has 2 aromatic carbocycles. The fourth-order valence-corrected chi connectivity index (χ4v) is 2.84. The summed E-state index contributed by atoms with van der Waals surface area (Å²) in [5.74, 6) is 1.87. The molecule has 6 heteroatoms. The van der Waals surface area contributed by atoms with Crippen LogP contribution in [0.25, 0.3) is 0 Å². The van der Waals surface area contributed by atoms with Gasteiger partial charge in [0.05, 0.1) is 25.5 Å². The van der Waals surface area contributed by atoms with Crippen molar-refractivity contribution in [2.45, 2.75) is 6.92 Å². The van der Waals surface area contributed by atoms with Gasteiger partial charge in [-0.25, -0.2) is 4.98 Å². The van der Waals surface area contributed by atoms with Gasteiger partial charge in [-0.1, -0.05) is 18.2 Å². The van der Waals surface area contributed by atoms with Crippen molar-refractivity contribution in [3.63, 3.8) is 0 Å². The largest absolute Gasteiger partial charge is 0.497 e. The van der Waals surface area contributed by atoms with Crippen molar-refractivity contribution in [1.29, 1.82) is 0 Å². The van der Waals surface area contributed by atoms with Gasteiger partial charge in [-0.2, -0.15) is 0 Å². The quantitative estimate of drug-likeness (QED) is 0.656. The average molecular weight is 377 g/mol. The van der Waals surface area contributed by atoms with Crippen LogP contribution < -0.4 is 19.7 Å². The Morgan fingerprint density at radius 1 is 1.04 bits per heavy atom. The topological polar surface area (TPSA) is 63.7 Å². The van der Waals surface area contributed by atoms with Gasteiger partial charge in [-0.05, 0) is 43.3 Å². The van der Waals surface area contributed by atoms with Crippen LogP contribution in [0.1, 0.15) is 17.3 Å². The molecule has 0 bridgehead atoms. The van der Waals surface area contributed by atoms with E-state index in [9.17, 15) is 4.79 Å². The van der Waals surface area contributed by atoms with Gasteiger partial charge in [-0.15, -0.1) is 0 Å². The zero-order chi connectivity index (χ0) is 19.9. The highest BCUT2D eigenvalue weighted by molar-refractivity contribution is 6.06.